The number of rotatable bonds is 3. The van der Waals surface area contributed by atoms with Crippen molar-refractivity contribution in [2.24, 2.45) is 17.3 Å². The van der Waals surface area contributed by atoms with E-state index in [1.54, 1.807) is 0 Å². The van der Waals surface area contributed by atoms with Crippen molar-refractivity contribution in [2.75, 3.05) is 0 Å². The molecule has 0 heterocycles. The standard InChI is InChI=1S/C15H28O3Si/c1-10(16)17-13-8-11-12(14(11,2)3)9-15(13,4)18-19(5,6)7/h11-13H,8-9H2,1-7H3/t11-,12+,13+,15+/m1/s1. The van der Waals surface area contributed by atoms with Crippen molar-refractivity contribution in [2.45, 2.75) is 71.9 Å². The van der Waals surface area contributed by atoms with Crippen LogP contribution in [0.2, 0.25) is 19.6 Å². The molecule has 2 rings (SSSR count). The molecule has 2 fully saturated rings. The molecule has 2 aliphatic rings. The van der Waals surface area contributed by atoms with Gasteiger partial charge >= 0.3 is 5.97 Å². The highest BCUT2D eigenvalue weighted by molar-refractivity contribution is 6.69. The maximum atomic E-state index is 11.4. The Morgan fingerprint density at radius 3 is 2.21 bits per heavy atom. The summed E-state index contributed by atoms with van der Waals surface area (Å²) in [5.41, 5.74) is 0.0873. The Kier molecular flexibility index (Phi) is 3.42. The first-order chi connectivity index (χ1) is 8.46. The van der Waals surface area contributed by atoms with Crippen LogP contribution in [0.3, 0.4) is 0 Å². The van der Waals surface area contributed by atoms with Gasteiger partial charge in [-0.2, -0.15) is 0 Å². The number of esters is 1. The highest BCUT2D eigenvalue weighted by Crippen LogP contribution is 2.67. The van der Waals surface area contributed by atoms with Gasteiger partial charge in [0.2, 0.25) is 0 Å². The molecular formula is C15H28O3Si. The lowest BCUT2D eigenvalue weighted by molar-refractivity contribution is -0.164. The summed E-state index contributed by atoms with van der Waals surface area (Å²) in [6, 6.07) is 0. The van der Waals surface area contributed by atoms with Crippen LogP contribution in [0.5, 0.6) is 0 Å². The van der Waals surface area contributed by atoms with Gasteiger partial charge in [0.25, 0.3) is 0 Å². The molecule has 0 aliphatic heterocycles. The Labute approximate surface area is 118 Å². The molecule has 0 spiro atoms. The molecule has 0 aromatic carbocycles. The van der Waals surface area contributed by atoms with Gasteiger partial charge in [-0.1, -0.05) is 13.8 Å². The minimum atomic E-state index is -1.66. The Morgan fingerprint density at radius 1 is 1.16 bits per heavy atom. The average molecular weight is 284 g/mol. The summed E-state index contributed by atoms with van der Waals surface area (Å²) in [6.07, 6.45) is 1.89. The minimum Gasteiger partial charge on any atom is -0.460 e. The number of carbonyl (C=O) groups is 1. The predicted molar refractivity (Wildman–Crippen MR) is 78.4 cm³/mol. The van der Waals surface area contributed by atoms with Gasteiger partial charge in [0, 0.05) is 6.92 Å². The van der Waals surface area contributed by atoms with E-state index in [9.17, 15) is 4.79 Å². The fourth-order valence-corrected chi connectivity index (χ4v) is 5.57. The number of hydrogen-bond acceptors (Lipinski definition) is 3. The summed E-state index contributed by atoms with van der Waals surface area (Å²) in [7, 11) is -1.66. The lowest BCUT2D eigenvalue weighted by Gasteiger charge is -2.44. The first-order valence-corrected chi connectivity index (χ1v) is 10.7. The Balaban J connectivity index is 2.19. The van der Waals surface area contributed by atoms with E-state index in [0.29, 0.717) is 11.3 Å². The topological polar surface area (TPSA) is 35.5 Å². The van der Waals surface area contributed by atoms with Crippen LogP contribution in [0.15, 0.2) is 0 Å². The van der Waals surface area contributed by atoms with Crippen molar-refractivity contribution in [3.05, 3.63) is 0 Å². The van der Waals surface area contributed by atoms with Crippen molar-refractivity contribution in [3.63, 3.8) is 0 Å². The van der Waals surface area contributed by atoms with Crippen molar-refractivity contribution < 1.29 is 14.0 Å². The molecule has 0 radical (unpaired) electrons. The van der Waals surface area contributed by atoms with Crippen molar-refractivity contribution in [1.29, 1.82) is 0 Å². The van der Waals surface area contributed by atoms with Crippen LogP contribution < -0.4 is 0 Å². The fraction of sp³-hybridized carbons (Fsp3) is 0.933. The molecule has 0 amide bonds. The number of ether oxygens (including phenoxy) is 1. The van der Waals surface area contributed by atoms with Gasteiger partial charge < -0.3 is 9.16 Å². The van der Waals surface area contributed by atoms with Gasteiger partial charge in [0.05, 0.1) is 5.60 Å². The average Bonchev–Trinajstić information content (AvgIpc) is 2.64. The fourth-order valence-electron chi connectivity index (χ4n) is 3.96. The Bertz CT molecular complexity index is 385. The zero-order valence-corrected chi connectivity index (χ0v) is 14.4. The van der Waals surface area contributed by atoms with E-state index >= 15 is 0 Å². The van der Waals surface area contributed by atoms with Crippen LogP contribution in [0, 0.1) is 17.3 Å². The summed E-state index contributed by atoms with van der Waals surface area (Å²) < 4.78 is 12.0. The smallest absolute Gasteiger partial charge is 0.303 e. The van der Waals surface area contributed by atoms with Gasteiger partial charge in [-0.3, -0.25) is 4.79 Å². The highest BCUT2D eigenvalue weighted by atomic mass is 28.4. The molecule has 4 heteroatoms. The third-order valence-corrected chi connectivity index (χ3v) is 5.99. The molecule has 19 heavy (non-hydrogen) atoms. The van der Waals surface area contributed by atoms with Crippen molar-refractivity contribution in [3.8, 4) is 0 Å². The lowest BCUT2D eigenvalue weighted by atomic mass is 9.83. The van der Waals surface area contributed by atoms with E-state index in [1.807, 2.05) is 0 Å². The molecule has 4 atom stereocenters. The Morgan fingerprint density at radius 2 is 1.74 bits per heavy atom. The molecule has 2 saturated carbocycles. The molecule has 0 bridgehead atoms. The second-order valence-corrected chi connectivity index (χ2v) is 12.5. The van der Waals surface area contributed by atoms with Gasteiger partial charge in [-0.25, -0.2) is 0 Å². The zero-order valence-electron chi connectivity index (χ0n) is 13.4. The van der Waals surface area contributed by atoms with Crippen molar-refractivity contribution in [1.82, 2.24) is 0 Å². The number of hydrogen-bond donors (Lipinski definition) is 0. The molecule has 0 N–H and O–H groups in total. The van der Waals surface area contributed by atoms with Crippen LogP contribution in [-0.4, -0.2) is 26.0 Å². The summed E-state index contributed by atoms with van der Waals surface area (Å²) in [6.45, 7) is 14.9. The third kappa shape index (κ3) is 2.89. The normalized spacial score (nSPS) is 40.5. The second-order valence-electron chi connectivity index (χ2n) is 8.10. The predicted octanol–water partition coefficient (Wildman–Crippen LogP) is 3.59. The van der Waals surface area contributed by atoms with Crippen LogP contribution in [0.25, 0.3) is 0 Å². The molecule has 0 aromatic heterocycles. The van der Waals surface area contributed by atoms with Crippen LogP contribution in [0.4, 0.5) is 0 Å². The molecule has 0 saturated heterocycles. The van der Waals surface area contributed by atoms with E-state index in [2.05, 4.69) is 40.4 Å². The minimum absolute atomic E-state index is 0.0836. The quantitative estimate of drug-likeness (QED) is 0.587. The van der Waals surface area contributed by atoms with E-state index < -0.39 is 8.32 Å². The van der Waals surface area contributed by atoms with Crippen LogP contribution in [-0.2, 0) is 14.0 Å². The first-order valence-electron chi connectivity index (χ1n) is 7.33. The lowest BCUT2D eigenvalue weighted by Crippen LogP contribution is -2.52. The number of carbonyl (C=O) groups excluding carboxylic acids is 1. The van der Waals surface area contributed by atoms with E-state index in [4.69, 9.17) is 9.16 Å². The van der Waals surface area contributed by atoms with Gasteiger partial charge in [0.1, 0.15) is 6.10 Å². The van der Waals surface area contributed by atoms with E-state index in [1.165, 1.54) is 6.92 Å². The molecule has 0 aromatic rings. The van der Waals surface area contributed by atoms with Gasteiger partial charge in [-0.15, -0.1) is 0 Å². The summed E-state index contributed by atoms with van der Waals surface area (Å²) in [5, 5.41) is 0. The second kappa shape index (κ2) is 4.32. The summed E-state index contributed by atoms with van der Waals surface area (Å²) in [4.78, 5) is 11.4. The van der Waals surface area contributed by atoms with Crippen molar-refractivity contribution >= 4 is 14.3 Å². The van der Waals surface area contributed by atoms with E-state index in [0.717, 1.165) is 18.8 Å². The van der Waals surface area contributed by atoms with Crippen LogP contribution in [0.1, 0.15) is 40.5 Å². The molecule has 110 valence electrons. The summed E-state index contributed by atoms with van der Waals surface area (Å²) in [5.74, 6) is 1.23. The van der Waals surface area contributed by atoms with Gasteiger partial charge in [0.15, 0.2) is 8.32 Å². The summed E-state index contributed by atoms with van der Waals surface area (Å²) >= 11 is 0. The monoisotopic (exact) mass is 284 g/mol. The maximum absolute atomic E-state index is 11.4. The zero-order chi connectivity index (χ0) is 14.6. The van der Waals surface area contributed by atoms with E-state index in [-0.39, 0.29) is 17.7 Å². The largest absolute Gasteiger partial charge is 0.460 e. The maximum Gasteiger partial charge on any atom is 0.303 e. The first kappa shape index (κ1) is 15.0. The Hall–Kier alpha value is -0.353. The van der Waals surface area contributed by atoms with Gasteiger partial charge in [-0.05, 0) is 56.7 Å². The molecule has 0 unspecified atom stereocenters. The number of fused-ring (bicyclic) bond motifs is 1. The molecular weight excluding hydrogens is 256 g/mol. The SMILES string of the molecule is CC(=O)O[C@H]1C[C@@H]2[C@H](C[C@]1(C)O[Si](C)(C)C)C2(C)C. The highest BCUT2D eigenvalue weighted by Gasteiger charge is 2.65. The third-order valence-electron chi connectivity index (χ3n) is 4.91. The molecule has 3 nitrogen and oxygen atoms in total. The van der Waals surface area contributed by atoms with Crippen LogP contribution >= 0.6 is 0 Å². The molecule has 2 aliphatic carbocycles.